The third-order valence-corrected chi connectivity index (χ3v) is 5.04. The first-order chi connectivity index (χ1) is 14.5. The molecule has 1 atom stereocenters. The molecule has 1 unspecified atom stereocenters. The molecule has 2 N–H and O–H groups in total. The monoisotopic (exact) mass is 412 g/mol. The molecule has 0 saturated carbocycles. The predicted molar refractivity (Wildman–Crippen MR) is 116 cm³/mol. The summed E-state index contributed by atoms with van der Waals surface area (Å²) in [6.07, 6.45) is 2.17. The SMILES string of the molecule is CN=C(NCc1cccc(C(=O)NCC2CCCO2)c1)N(C)Cc1cccc(F)c1. The predicted octanol–water partition coefficient (Wildman–Crippen LogP) is 2.94. The quantitative estimate of drug-likeness (QED) is 0.542. The maximum Gasteiger partial charge on any atom is 0.251 e. The number of hydrogen-bond acceptors (Lipinski definition) is 3. The Bertz CT molecular complexity index is 881. The van der Waals surface area contributed by atoms with Gasteiger partial charge in [-0.15, -0.1) is 0 Å². The number of amides is 1. The lowest BCUT2D eigenvalue weighted by atomic mass is 10.1. The van der Waals surface area contributed by atoms with E-state index in [0.717, 1.165) is 30.6 Å². The van der Waals surface area contributed by atoms with Crippen LogP contribution in [0.25, 0.3) is 0 Å². The number of ether oxygens (including phenoxy) is 1. The number of guanidine groups is 1. The third-order valence-electron chi connectivity index (χ3n) is 5.04. The number of benzene rings is 2. The van der Waals surface area contributed by atoms with Gasteiger partial charge in [0.1, 0.15) is 5.82 Å². The second kappa shape index (κ2) is 10.7. The van der Waals surface area contributed by atoms with Crippen molar-refractivity contribution in [2.24, 2.45) is 4.99 Å². The maximum absolute atomic E-state index is 13.4. The molecule has 1 saturated heterocycles. The van der Waals surface area contributed by atoms with Crippen molar-refractivity contribution in [1.29, 1.82) is 0 Å². The molecular weight excluding hydrogens is 383 g/mol. The van der Waals surface area contributed by atoms with Crippen LogP contribution in [0.5, 0.6) is 0 Å². The van der Waals surface area contributed by atoms with Crippen LogP contribution in [-0.4, -0.2) is 50.1 Å². The fraction of sp³-hybridized carbons (Fsp3) is 0.391. The van der Waals surface area contributed by atoms with Crippen LogP contribution >= 0.6 is 0 Å². The van der Waals surface area contributed by atoms with Crippen LogP contribution in [0, 0.1) is 5.82 Å². The summed E-state index contributed by atoms with van der Waals surface area (Å²) in [6, 6.07) is 14.0. The average molecular weight is 413 g/mol. The molecule has 3 rings (SSSR count). The minimum absolute atomic E-state index is 0.0973. The molecule has 1 fully saturated rings. The van der Waals surface area contributed by atoms with E-state index in [2.05, 4.69) is 15.6 Å². The van der Waals surface area contributed by atoms with Gasteiger partial charge >= 0.3 is 0 Å². The molecule has 2 aromatic rings. The number of aliphatic imine (C=N–C) groups is 1. The van der Waals surface area contributed by atoms with Crippen LogP contribution in [0.2, 0.25) is 0 Å². The molecule has 160 valence electrons. The molecule has 1 heterocycles. The summed E-state index contributed by atoms with van der Waals surface area (Å²) >= 11 is 0. The highest BCUT2D eigenvalue weighted by molar-refractivity contribution is 5.94. The van der Waals surface area contributed by atoms with Gasteiger partial charge in [-0.2, -0.15) is 0 Å². The standard InChI is InChI=1S/C23H29FN4O2/c1-25-23(28(2)16-18-7-4-9-20(24)13-18)27-14-17-6-3-8-19(12-17)22(29)26-15-21-10-5-11-30-21/h3-4,6-9,12-13,21H,5,10-11,14-16H2,1-2H3,(H,25,27)(H,26,29). The zero-order valence-electron chi connectivity index (χ0n) is 17.5. The largest absolute Gasteiger partial charge is 0.376 e. The van der Waals surface area contributed by atoms with Crippen molar-refractivity contribution in [3.63, 3.8) is 0 Å². The molecule has 2 aromatic carbocycles. The summed E-state index contributed by atoms with van der Waals surface area (Å²) in [5.41, 5.74) is 2.46. The number of nitrogens with zero attached hydrogens (tertiary/aromatic N) is 2. The lowest BCUT2D eigenvalue weighted by molar-refractivity contribution is 0.0857. The molecule has 0 radical (unpaired) electrons. The van der Waals surface area contributed by atoms with Crippen molar-refractivity contribution in [2.75, 3.05) is 27.2 Å². The summed E-state index contributed by atoms with van der Waals surface area (Å²) in [5.74, 6) is 0.339. The Morgan fingerprint density at radius 1 is 1.20 bits per heavy atom. The lowest BCUT2D eigenvalue weighted by Crippen LogP contribution is -2.38. The molecule has 0 bridgehead atoms. The van der Waals surface area contributed by atoms with Crippen LogP contribution in [0.3, 0.4) is 0 Å². The Morgan fingerprint density at radius 2 is 2.00 bits per heavy atom. The smallest absolute Gasteiger partial charge is 0.251 e. The molecule has 0 aromatic heterocycles. The number of carbonyl (C=O) groups excluding carboxylic acids is 1. The summed E-state index contributed by atoms with van der Waals surface area (Å²) in [7, 11) is 3.61. The summed E-state index contributed by atoms with van der Waals surface area (Å²) < 4.78 is 19.0. The zero-order chi connectivity index (χ0) is 21.3. The lowest BCUT2D eigenvalue weighted by Gasteiger charge is -2.22. The molecule has 0 aliphatic carbocycles. The van der Waals surface area contributed by atoms with E-state index in [1.807, 2.05) is 36.2 Å². The molecule has 6 nitrogen and oxygen atoms in total. The van der Waals surface area contributed by atoms with E-state index in [1.165, 1.54) is 12.1 Å². The van der Waals surface area contributed by atoms with Crippen LogP contribution < -0.4 is 10.6 Å². The average Bonchev–Trinajstić information content (AvgIpc) is 3.26. The van der Waals surface area contributed by atoms with Gasteiger partial charge in [0.2, 0.25) is 0 Å². The van der Waals surface area contributed by atoms with E-state index in [4.69, 9.17) is 4.74 Å². The highest BCUT2D eigenvalue weighted by Gasteiger charge is 2.17. The van der Waals surface area contributed by atoms with Crippen molar-refractivity contribution >= 4 is 11.9 Å². The van der Waals surface area contributed by atoms with Crippen molar-refractivity contribution in [3.8, 4) is 0 Å². The normalized spacial score (nSPS) is 16.4. The zero-order valence-corrected chi connectivity index (χ0v) is 17.5. The van der Waals surface area contributed by atoms with Gasteiger partial charge in [-0.3, -0.25) is 9.79 Å². The summed E-state index contributed by atoms with van der Waals surface area (Å²) in [5, 5.41) is 6.24. The maximum atomic E-state index is 13.4. The molecule has 0 spiro atoms. The Hall–Kier alpha value is -2.93. The summed E-state index contributed by atoms with van der Waals surface area (Å²) in [6.45, 7) is 2.37. The fourth-order valence-electron chi connectivity index (χ4n) is 3.49. The van der Waals surface area contributed by atoms with Gasteiger partial charge in [0.15, 0.2) is 5.96 Å². The molecule has 1 amide bonds. The van der Waals surface area contributed by atoms with Crippen LogP contribution in [0.4, 0.5) is 4.39 Å². The van der Waals surface area contributed by atoms with Gasteiger partial charge in [-0.05, 0) is 48.2 Å². The topological polar surface area (TPSA) is 66.0 Å². The first kappa shape index (κ1) is 21.8. The van der Waals surface area contributed by atoms with Crippen molar-refractivity contribution in [2.45, 2.75) is 32.0 Å². The molecular formula is C23H29FN4O2. The van der Waals surface area contributed by atoms with E-state index in [1.54, 1.807) is 19.2 Å². The van der Waals surface area contributed by atoms with Crippen LogP contribution in [0.15, 0.2) is 53.5 Å². The number of halogens is 1. The highest BCUT2D eigenvalue weighted by Crippen LogP contribution is 2.12. The van der Waals surface area contributed by atoms with Gasteiger partial charge in [0, 0.05) is 45.9 Å². The number of rotatable bonds is 7. The van der Waals surface area contributed by atoms with E-state index in [0.29, 0.717) is 31.2 Å². The minimum Gasteiger partial charge on any atom is -0.376 e. The Morgan fingerprint density at radius 3 is 2.73 bits per heavy atom. The Kier molecular flexibility index (Phi) is 7.79. The van der Waals surface area contributed by atoms with E-state index in [-0.39, 0.29) is 17.8 Å². The minimum atomic E-state index is -0.251. The number of carbonyl (C=O) groups is 1. The second-order valence-electron chi connectivity index (χ2n) is 7.43. The number of hydrogen-bond donors (Lipinski definition) is 2. The van der Waals surface area contributed by atoms with E-state index >= 15 is 0 Å². The van der Waals surface area contributed by atoms with Crippen LogP contribution in [0.1, 0.15) is 34.3 Å². The number of nitrogens with one attached hydrogen (secondary N) is 2. The van der Waals surface area contributed by atoms with Gasteiger partial charge in [-0.25, -0.2) is 4.39 Å². The van der Waals surface area contributed by atoms with Gasteiger partial charge < -0.3 is 20.3 Å². The second-order valence-corrected chi connectivity index (χ2v) is 7.43. The molecule has 1 aliphatic rings. The molecule has 30 heavy (non-hydrogen) atoms. The van der Waals surface area contributed by atoms with Crippen molar-refractivity contribution in [3.05, 3.63) is 71.0 Å². The first-order valence-electron chi connectivity index (χ1n) is 10.2. The van der Waals surface area contributed by atoms with Crippen molar-refractivity contribution in [1.82, 2.24) is 15.5 Å². The Labute approximate surface area is 177 Å². The third kappa shape index (κ3) is 6.29. The molecule has 7 heteroatoms. The van der Waals surface area contributed by atoms with Crippen LogP contribution in [-0.2, 0) is 17.8 Å². The fourth-order valence-corrected chi connectivity index (χ4v) is 3.49. The highest BCUT2D eigenvalue weighted by atomic mass is 19.1. The Balaban J connectivity index is 1.53. The van der Waals surface area contributed by atoms with E-state index in [9.17, 15) is 9.18 Å². The van der Waals surface area contributed by atoms with Gasteiger partial charge in [-0.1, -0.05) is 24.3 Å². The first-order valence-corrected chi connectivity index (χ1v) is 10.2. The molecule has 1 aliphatic heterocycles. The van der Waals surface area contributed by atoms with Gasteiger partial charge in [0.25, 0.3) is 5.91 Å². The van der Waals surface area contributed by atoms with Gasteiger partial charge in [0.05, 0.1) is 6.10 Å². The summed E-state index contributed by atoms with van der Waals surface area (Å²) in [4.78, 5) is 18.7. The van der Waals surface area contributed by atoms with Crippen molar-refractivity contribution < 1.29 is 13.9 Å². The van der Waals surface area contributed by atoms with E-state index < -0.39 is 0 Å².